The minimum atomic E-state index is -1.81. The molecule has 1 aliphatic heterocycles. The Morgan fingerprint density at radius 3 is 2.55 bits per heavy atom. The Hall–Kier alpha value is -1.13. The van der Waals surface area contributed by atoms with Crippen LogP contribution < -0.4 is 11.2 Å². The van der Waals surface area contributed by atoms with Crippen LogP contribution in [0.2, 0.25) is 0 Å². The van der Waals surface area contributed by atoms with E-state index in [1.807, 2.05) is 0 Å². The summed E-state index contributed by atoms with van der Waals surface area (Å²) in [6, 6.07) is 1.27. The van der Waals surface area contributed by atoms with E-state index in [2.05, 4.69) is 17.6 Å². The van der Waals surface area contributed by atoms with Gasteiger partial charge in [0, 0.05) is 12.3 Å². The predicted octanol–water partition coefficient (Wildman–Crippen LogP) is -1.22. The second-order valence-electron chi connectivity index (χ2n) is 4.46. The maximum Gasteiger partial charge on any atom is 0.330 e. The number of rotatable bonds is 2. The number of aromatic nitrogens is 2. The van der Waals surface area contributed by atoms with Gasteiger partial charge in [0.1, 0.15) is 6.23 Å². The van der Waals surface area contributed by atoms with Crippen LogP contribution in [-0.4, -0.2) is 42.7 Å². The van der Waals surface area contributed by atoms with Crippen molar-refractivity contribution < 1.29 is 20.1 Å². The van der Waals surface area contributed by atoms with Crippen LogP contribution in [0.15, 0.2) is 21.9 Å². The lowest BCUT2D eigenvalue weighted by Gasteiger charge is -2.13. The van der Waals surface area contributed by atoms with Crippen molar-refractivity contribution in [1.29, 1.82) is 0 Å². The van der Waals surface area contributed by atoms with E-state index < -0.39 is 16.4 Å². The van der Waals surface area contributed by atoms with Crippen LogP contribution in [0.25, 0.3) is 0 Å². The van der Waals surface area contributed by atoms with Crippen LogP contribution in [0.1, 0.15) is 26.0 Å². The number of hydrogen-bond donors (Lipinski definition) is 5. The average Bonchev–Trinajstić information content (AvgIpc) is 2.75. The molecular formula is C11H18N2O6S. The topological polar surface area (TPSA) is 125 Å². The highest BCUT2D eigenvalue weighted by atomic mass is 32.1. The highest BCUT2D eigenvalue weighted by molar-refractivity contribution is 7.81. The lowest BCUT2D eigenvalue weighted by Crippen LogP contribution is -2.31. The standard InChI is InChI=1S/C9H12N2O4.C2H6O2S/c12-5-6-1-2-8(15-6)11-4-3-7(13)10-9(11)14;1-2(3,4)5/h3-4,6,8,12H,1-2,5H2,(H,10,13,14);3-5H,1H3. The van der Waals surface area contributed by atoms with Gasteiger partial charge in [-0.2, -0.15) is 0 Å². The Labute approximate surface area is 120 Å². The van der Waals surface area contributed by atoms with E-state index in [1.165, 1.54) is 16.8 Å². The largest absolute Gasteiger partial charge is 0.394 e. The van der Waals surface area contributed by atoms with Crippen molar-refractivity contribution in [2.24, 2.45) is 0 Å². The van der Waals surface area contributed by atoms with Gasteiger partial charge in [0.25, 0.3) is 5.56 Å². The van der Waals surface area contributed by atoms with E-state index in [4.69, 9.17) is 20.1 Å². The zero-order chi connectivity index (χ0) is 15.3. The van der Waals surface area contributed by atoms with E-state index >= 15 is 0 Å². The fraction of sp³-hybridized carbons (Fsp3) is 0.636. The minimum absolute atomic E-state index is 0.0470. The molecule has 114 valence electrons. The summed E-state index contributed by atoms with van der Waals surface area (Å²) in [5.74, 6) is 0. The molecule has 0 saturated carbocycles. The van der Waals surface area contributed by atoms with Crippen LogP contribution in [0.3, 0.4) is 0 Å². The fourth-order valence-electron chi connectivity index (χ4n) is 1.68. The third-order valence-corrected chi connectivity index (χ3v) is 2.45. The molecule has 20 heavy (non-hydrogen) atoms. The minimum Gasteiger partial charge on any atom is -0.394 e. The zero-order valence-corrected chi connectivity index (χ0v) is 11.8. The van der Waals surface area contributed by atoms with Gasteiger partial charge in [-0.05, 0) is 19.8 Å². The third kappa shape index (κ3) is 5.88. The summed E-state index contributed by atoms with van der Waals surface area (Å²) in [7, 11) is 0. The molecule has 4 N–H and O–H groups in total. The van der Waals surface area contributed by atoms with Gasteiger partial charge in [0.2, 0.25) is 5.12 Å². The summed E-state index contributed by atoms with van der Waals surface area (Å²) < 4.78 is 6.74. The van der Waals surface area contributed by atoms with E-state index in [9.17, 15) is 9.59 Å². The predicted molar refractivity (Wildman–Crippen MR) is 73.4 cm³/mol. The van der Waals surface area contributed by atoms with Crippen molar-refractivity contribution in [2.75, 3.05) is 6.61 Å². The van der Waals surface area contributed by atoms with Crippen molar-refractivity contribution in [1.82, 2.24) is 9.55 Å². The molecule has 8 nitrogen and oxygen atoms in total. The molecule has 2 rings (SSSR count). The lowest BCUT2D eigenvalue weighted by molar-refractivity contribution is -0.0567. The number of ether oxygens (including phenoxy) is 1. The van der Waals surface area contributed by atoms with Crippen LogP contribution in [0.5, 0.6) is 0 Å². The number of nitrogens with one attached hydrogen (secondary N) is 1. The molecule has 1 aromatic rings. The lowest BCUT2D eigenvalue weighted by atomic mass is 10.2. The molecule has 0 radical (unpaired) electrons. The molecule has 1 aliphatic rings. The molecule has 0 spiro atoms. The quantitative estimate of drug-likeness (QED) is 0.345. The van der Waals surface area contributed by atoms with Gasteiger partial charge in [0.05, 0.1) is 12.7 Å². The Morgan fingerprint density at radius 2 is 2.10 bits per heavy atom. The van der Waals surface area contributed by atoms with Gasteiger partial charge in [-0.1, -0.05) is 0 Å². The average molecular weight is 306 g/mol. The Kier molecular flexibility index (Phi) is 5.96. The molecule has 1 fully saturated rings. The van der Waals surface area contributed by atoms with Crippen molar-refractivity contribution in [2.45, 2.75) is 37.2 Å². The first-order valence-corrected chi connectivity index (χ1v) is 6.40. The normalized spacial score (nSPS) is 22.2. The molecule has 2 unspecified atom stereocenters. The summed E-state index contributed by atoms with van der Waals surface area (Å²) in [5.41, 5.74) is -0.904. The van der Waals surface area contributed by atoms with Gasteiger partial charge >= 0.3 is 5.69 Å². The van der Waals surface area contributed by atoms with Gasteiger partial charge in [-0.3, -0.25) is 14.3 Å². The monoisotopic (exact) mass is 306 g/mol. The summed E-state index contributed by atoms with van der Waals surface area (Å²) in [6.07, 6.45) is 2.19. The van der Waals surface area contributed by atoms with Gasteiger partial charge in [0.15, 0.2) is 0 Å². The van der Waals surface area contributed by atoms with Crippen LogP contribution in [0.4, 0.5) is 0 Å². The smallest absolute Gasteiger partial charge is 0.330 e. The Balaban J connectivity index is 0.000000347. The number of thiol groups is 1. The fourth-order valence-corrected chi connectivity index (χ4v) is 1.68. The Bertz CT molecular complexity index is 529. The number of aromatic amines is 1. The SMILES string of the molecule is CC(O)(O)S.O=c1ccn(C2CCC(CO)O2)c(=O)[nH]1. The summed E-state index contributed by atoms with van der Waals surface area (Å²) in [5, 5.41) is 22.9. The van der Waals surface area contributed by atoms with E-state index in [0.29, 0.717) is 12.8 Å². The first-order valence-electron chi connectivity index (χ1n) is 5.95. The van der Waals surface area contributed by atoms with Crippen molar-refractivity contribution in [3.05, 3.63) is 33.1 Å². The number of aliphatic hydroxyl groups is 3. The van der Waals surface area contributed by atoms with Gasteiger partial charge in [-0.15, -0.1) is 12.6 Å². The molecule has 0 aliphatic carbocycles. The third-order valence-electron chi connectivity index (χ3n) is 2.45. The van der Waals surface area contributed by atoms with Crippen LogP contribution in [0, 0.1) is 0 Å². The van der Waals surface area contributed by atoms with E-state index in [-0.39, 0.29) is 18.9 Å². The summed E-state index contributed by atoms with van der Waals surface area (Å²) in [6.45, 7) is 1.12. The summed E-state index contributed by atoms with van der Waals surface area (Å²) >= 11 is 3.23. The molecule has 0 aromatic carbocycles. The molecule has 2 atom stereocenters. The molecule has 1 saturated heterocycles. The first-order chi connectivity index (χ1) is 9.20. The van der Waals surface area contributed by atoms with E-state index in [1.54, 1.807) is 0 Å². The van der Waals surface area contributed by atoms with Gasteiger partial charge in [-0.25, -0.2) is 4.79 Å². The first kappa shape index (κ1) is 16.9. The highest BCUT2D eigenvalue weighted by Gasteiger charge is 2.26. The number of nitrogens with zero attached hydrogens (tertiary/aromatic N) is 1. The number of aliphatic hydroxyl groups excluding tert-OH is 1. The second-order valence-corrected chi connectivity index (χ2v) is 5.31. The maximum absolute atomic E-state index is 11.4. The molecule has 2 heterocycles. The molecule has 0 bridgehead atoms. The second kappa shape index (κ2) is 7.04. The van der Waals surface area contributed by atoms with Crippen molar-refractivity contribution in [3.63, 3.8) is 0 Å². The number of hydrogen-bond acceptors (Lipinski definition) is 7. The molecule has 1 aromatic heterocycles. The van der Waals surface area contributed by atoms with E-state index in [0.717, 1.165) is 6.92 Å². The zero-order valence-electron chi connectivity index (χ0n) is 10.9. The Morgan fingerprint density at radius 1 is 1.50 bits per heavy atom. The molecule has 9 heteroatoms. The molecular weight excluding hydrogens is 288 g/mol. The maximum atomic E-state index is 11.4. The van der Waals surface area contributed by atoms with Crippen molar-refractivity contribution >= 4 is 12.6 Å². The van der Waals surface area contributed by atoms with Crippen LogP contribution in [-0.2, 0) is 4.74 Å². The molecule has 0 amide bonds. The van der Waals surface area contributed by atoms with Crippen LogP contribution >= 0.6 is 12.6 Å². The highest BCUT2D eigenvalue weighted by Crippen LogP contribution is 2.26. The van der Waals surface area contributed by atoms with Crippen molar-refractivity contribution in [3.8, 4) is 0 Å². The van der Waals surface area contributed by atoms with Gasteiger partial charge < -0.3 is 20.1 Å². The number of H-pyrrole nitrogens is 1. The summed E-state index contributed by atoms with van der Waals surface area (Å²) in [4.78, 5) is 24.4.